The minimum atomic E-state index is -0.405. The number of benzene rings is 1. The highest BCUT2D eigenvalue weighted by Crippen LogP contribution is 2.61. The van der Waals surface area contributed by atoms with Crippen molar-refractivity contribution in [2.45, 2.75) is 37.3 Å². The molecule has 126 valence electrons. The van der Waals surface area contributed by atoms with E-state index >= 15 is 0 Å². The summed E-state index contributed by atoms with van der Waals surface area (Å²) < 4.78 is 0. The van der Waals surface area contributed by atoms with Crippen LogP contribution >= 0.6 is 0 Å². The van der Waals surface area contributed by atoms with Crippen LogP contribution in [0.15, 0.2) is 35.9 Å². The molecule has 1 aromatic rings. The molecule has 24 heavy (non-hydrogen) atoms. The third-order valence-electron chi connectivity index (χ3n) is 7.27. The number of amides is 1. The Morgan fingerprint density at radius 2 is 2.17 bits per heavy atom. The Balaban J connectivity index is 1.68. The number of hydrogen-bond donors (Lipinski definition) is 1. The molecule has 0 aliphatic carbocycles. The van der Waals surface area contributed by atoms with E-state index in [0.29, 0.717) is 12.0 Å². The lowest BCUT2D eigenvalue weighted by molar-refractivity contribution is -0.124. The SMILES string of the molecule is C/C=C1/CN2[C@H]3C[C@@H]1C(CO)[C@@H]2C[C@@]31C(=O)N(C)c2ccccc21. The fourth-order valence-electron chi connectivity index (χ4n) is 6.24. The molecule has 1 amide bonds. The predicted molar refractivity (Wildman–Crippen MR) is 92.9 cm³/mol. The van der Waals surface area contributed by atoms with Gasteiger partial charge in [-0.15, -0.1) is 0 Å². The van der Waals surface area contributed by atoms with Crippen LogP contribution in [0.3, 0.4) is 0 Å². The van der Waals surface area contributed by atoms with E-state index in [9.17, 15) is 9.90 Å². The Morgan fingerprint density at radius 3 is 2.92 bits per heavy atom. The van der Waals surface area contributed by atoms with Crippen LogP contribution < -0.4 is 4.90 Å². The Labute approximate surface area is 142 Å². The van der Waals surface area contributed by atoms with E-state index in [4.69, 9.17) is 0 Å². The topological polar surface area (TPSA) is 43.8 Å². The van der Waals surface area contributed by atoms with Crippen molar-refractivity contribution in [2.75, 3.05) is 25.1 Å². The predicted octanol–water partition coefficient (Wildman–Crippen LogP) is 1.93. The molecule has 4 saturated heterocycles. The molecule has 5 aliphatic heterocycles. The quantitative estimate of drug-likeness (QED) is 0.803. The Morgan fingerprint density at radius 1 is 1.38 bits per heavy atom. The highest BCUT2D eigenvalue weighted by Gasteiger charge is 2.68. The molecule has 1 spiro atoms. The van der Waals surface area contributed by atoms with Gasteiger partial charge in [0.25, 0.3) is 0 Å². The number of likely N-dealkylation sites (N-methyl/N-ethyl adjacent to an activating group) is 1. The summed E-state index contributed by atoms with van der Waals surface area (Å²) in [7, 11) is 1.91. The summed E-state index contributed by atoms with van der Waals surface area (Å²) in [4.78, 5) is 17.8. The van der Waals surface area contributed by atoms with Crippen molar-refractivity contribution < 1.29 is 9.90 Å². The number of fused-ring (bicyclic) bond motifs is 3. The minimum Gasteiger partial charge on any atom is -0.396 e. The fourth-order valence-corrected chi connectivity index (χ4v) is 6.24. The number of anilines is 1. The largest absolute Gasteiger partial charge is 0.396 e. The van der Waals surface area contributed by atoms with Crippen molar-refractivity contribution in [1.29, 1.82) is 0 Å². The van der Waals surface area contributed by atoms with E-state index in [-0.39, 0.29) is 24.5 Å². The zero-order valence-corrected chi connectivity index (χ0v) is 14.3. The number of aliphatic hydroxyl groups is 1. The second-order valence-corrected chi connectivity index (χ2v) is 7.86. The first kappa shape index (κ1) is 14.7. The maximum atomic E-state index is 13.4. The lowest BCUT2D eigenvalue weighted by Gasteiger charge is -2.52. The van der Waals surface area contributed by atoms with E-state index < -0.39 is 5.41 Å². The van der Waals surface area contributed by atoms with Gasteiger partial charge in [0.05, 0.1) is 5.41 Å². The van der Waals surface area contributed by atoms with Crippen LogP contribution in [0.5, 0.6) is 0 Å². The van der Waals surface area contributed by atoms with Crippen LogP contribution in [-0.2, 0) is 10.2 Å². The molecule has 5 aliphatic rings. The third kappa shape index (κ3) is 1.46. The maximum Gasteiger partial charge on any atom is 0.239 e. The lowest BCUT2D eigenvalue weighted by atomic mass is 9.69. The monoisotopic (exact) mass is 324 g/mol. The number of hydrogen-bond acceptors (Lipinski definition) is 3. The van der Waals surface area contributed by atoms with Crippen molar-refractivity contribution in [1.82, 2.24) is 4.90 Å². The number of para-hydroxylation sites is 1. The van der Waals surface area contributed by atoms with Crippen molar-refractivity contribution in [3.05, 3.63) is 41.5 Å². The summed E-state index contributed by atoms with van der Waals surface area (Å²) in [5.41, 5.74) is 3.32. The molecular weight excluding hydrogens is 300 g/mol. The Bertz CT molecular complexity index is 758. The van der Waals surface area contributed by atoms with E-state index in [1.54, 1.807) is 0 Å². The molecule has 0 saturated carbocycles. The van der Waals surface area contributed by atoms with Crippen LogP contribution in [0, 0.1) is 11.8 Å². The van der Waals surface area contributed by atoms with Gasteiger partial charge in [-0.1, -0.05) is 29.8 Å². The fraction of sp³-hybridized carbons (Fsp3) is 0.550. The number of carbonyl (C=O) groups is 1. The van der Waals surface area contributed by atoms with Crippen molar-refractivity contribution in [3.63, 3.8) is 0 Å². The summed E-state index contributed by atoms with van der Waals surface area (Å²) in [5, 5.41) is 10.0. The Kier molecular flexibility index (Phi) is 2.88. The van der Waals surface area contributed by atoms with Crippen LogP contribution in [-0.4, -0.2) is 48.2 Å². The van der Waals surface area contributed by atoms with Gasteiger partial charge in [-0.2, -0.15) is 0 Å². The first-order valence-corrected chi connectivity index (χ1v) is 9.02. The van der Waals surface area contributed by atoms with Crippen molar-refractivity contribution >= 4 is 11.6 Å². The average molecular weight is 324 g/mol. The number of nitrogens with zero attached hydrogens (tertiary/aromatic N) is 2. The van der Waals surface area contributed by atoms with E-state index in [0.717, 1.165) is 25.1 Å². The van der Waals surface area contributed by atoms with Gasteiger partial charge in [-0.25, -0.2) is 0 Å². The molecule has 0 radical (unpaired) electrons. The van der Waals surface area contributed by atoms with Gasteiger partial charge in [-0.05, 0) is 37.3 Å². The average Bonchev–Trinajstić information content (AvgIpc) is 3.00. The van der Waals surface area contributed by atoms with E-state index in [2.05, 4.69) is 36.1 Å². The number of aliphatic hydroxyl groups excluding tert-OH is 1. The standard InChI is InChI=1S/C20H24N2O2/c1-3-12-10-22-17-9-20(18(22)8-13(12)14(17)11-23)15-6-4-5-7-16(15)21(2)19(20)24/h3-7,13-14,17-18,23H,8-11H2,1-2H3/b12-3-/t13-,14?,17-,18-,20-/m0/s1. The van der Waals surface area contributed by atoms with Gasteiger partial charge in [0.2, 0.25) is 5.91 Å². The van der Waals surface area contributed by atoms with Gasteiger partial charge in [0.1, 0.15) is 0 Å². The van der Waals surface area contributed by atoms with Crippen LogP contribution in [0.4, 0.5) is 5.69 Å². The molecule has 6 rings (SSSR count). The van der Waals surface area contributed by atoms with Crippen LogP contribution in [0.1, 0.15) is 25.3 Å². The molecule has 1 N–H and O–H groups in total. The van der Waals surface area contributed by atoms with Gasteiger partial charge in [-0.3, -0.25) is 9.69 Å². The summed E-state index contributed by atoms with van der Waals surface area (Å²) in [6.45, 7) is 3.29. The van der Waals surface area contributed by atoms with Gasteiger partial charge in [0.15, 0.2) is 0 Å². The maximum absolute atomic E-state index is 13.4. The second-order valence-electron chi connectivity index (χ2n) is 7.86. The number of piperidine rings is 3. The number of carbonyl (C=O) groups excluding carboxylic acids is 1. The van der Waals surface area contributed by atoms with Crippen LogP contribution in [0.25, 0.3) is 0 Å². The molecule has 4 fully saturated rings. The highest BCUT2D eigenvalue weighted by molar-refractivity contribution is 6.08. The molecule has 4 bridgehead atoms. The lowest BCUT2D eigenvalue weighted by Crippen LogP contribution is -2.59. The first-order chi connectivity index (χ1) is 11.6. The van der Waals surface area contributed by atoms with E-state index in [1.165, 1.54) is 11.1 Å². The van der Waals surface area contributed by atoms with E-state index in [1.807, 2.05) is 18.0 Å². The normalized spacial score (nSPS) is 44.0. The summed E-state index contributed by atoms with van der Waals surface area (Å²) in [6, 6.07) is 8.90. The molecule has 1 aromatic carbocycles. The van der Waals surface area contributed by atoms with Gasteiger partial charge < -0.3 is 10.0 Å². The number of allylic oxidation sites excluding steroid dienone is 1. The summed E-state index contributed by atoms with van der Waals surface area (Å²) in [6.07, 6.45) is 4.08. The van der Waals surface area contributed by atoms with Gasteiger partial charge >= 0.3 is 0 Å². The van der Waals surface area contributed by atoms with Gasteiger partial charge in [0, 0.05) is 43.9 Å². The summed E-state index contributed by atoms with van der Waals surface area (Å²) >= 11 is 0. The van der Waals surface area contributed by atoms with Crippen LogP contribution in [0.2, 0.25) is 0 Å². The zero-order chi connectivity index (χ0) is 16.6. The highest BCUT2D eigenvalue weighted by atomic mass is 16.3. The molecule has 4 nitrogen and oxygen atoms in total. The smallest absolute Gasteiger partial charge is 0.239 e. The molecule has 6 atom stereocenters. The molecular formula is C20H24N2O2. The first-order valence-electron chi connectivity index (χ1n) is 9.02. The molecule has 2 unspecified atom stereocenters. The Hall–Kier alpha value is -1.65. The minimum absolute atomic E-state index is 0.220. The molecule has 4 heteroatoms. The van der Waals surface area contributed by atoms with Crippen molar-refractivity contribution in [3.8, 4) is 0 Å². The van der Waals surface area contributed by atoms with Crippen molar-refractivity contribution in [2.24, 2.45) is 11.8 Å². The second kappa shape index (κ2) is 4.70. The molecule has 5 heterocycles. The molecule has 0 aromatic heterocycles. The zero-order valence-electron chi connectivity index (χ0n) is 14.3. The number of rotatable bonds is 1. The third-order valence-corrected chi connectivity index (χ3v) is 7.27. The summed E-state index contributed by atoms with van der Waals surface area (Å²) in [5.74, 6) is 0.958.